The number of hydrogen-bond donors (Lipinski definition) is 4. The molecule has 0 spiro atoms. The van der Waals surface area contributed by atoms with Crippen LogP contribution in [0.5, 0.6) is 0 Å². The molecule has 34 heavy (non-hydrogen) atoms. The summed E-state index contributed by atoms with van der Waals surface area (Å²) in [6, 6.07) is 11.4. The number of aliphatic imine (C=N–C) groups is 1. The highest BCUT2D eigenvalue weighted by molar-refractivity contribution is 7.89. The fraction of sp³-hybridized carbons (Fsp3) is 0.286. The normalized spacial score (nSPS) is 11.6. The highest BCUT2D eigenvalue weighted by Gasteiger charge is 2.15. The van der Waals surface area contributed by atoms with Gasteiger partial charge in [0.1, 0.15) is 0 Å². The Morgan fingerprint density at radius 3 is 2.38 bits per heavy atom. The van der Waals surface area contributed by atoms with Gasteiger partial charge in [-0.2, -0.15) is 4.99 Å². The molecule has 0 aliphatic rings. The highest BCUT2D eigenvalue weighted by Crippen LogP contribution is 2.30. The van der Waals surface area contributed by atoms with E-state index in [9.17, 15) is 8.42 Å². The Morgan fingerprint density at radius 2 is 1.71 bits per heavy atom. The average molecular weight is 508 g/mol. The van der Waals surface area contributed by atoms with Gasteiger partial charge in [-0.25, -0.2) is 23.1 Å². The molecule has 3 aromatic rings. The minimum absolute atomic E-state index is 0.0802. The number of ether oxygens (including phenoxy) is 2. The average Bonchev–Trinajstić information content (AvgIpc) is 2.80. The molecule has 0 amide bonds. The largest absolute Gasteiger partial charge is 0.378 e. The number of nitrogens with zero attached hydrogens (tertiary/aromatic N) is 3. The predicted molar refractivity (Wildman–Crippen MR) is 131 cm³/mol. The molecule has 1 aromatic heterocycles. The Bertz CT molecular complexity index is 1250. The third-order valence-electron chi connectivity index (χ3n) is 4.49. The van der Waals surface area contributed by atoms with Gasteiger partial charge in [0.15, 0.2) is 5.96 Å². The first kappa shape index (κ1) is 25.7. The molecule has 0 fully saturated rings. The molecular formula is C21H26ClN7O4S. The summed E-state index contributed by atoms with van der Waals surface area (Å²) in [7, 11) is -3.72. The van der Waals surface area contributed by atoms with E-state index in [1.807, 2.05) is 0 Å². The van der Waals surface area contributed by atoms with Crippen LogP contribution in [-0.4, -0.2) is 63.9 Å². The third kappa shape index (κ3) is 7.06. The highest BCUT2D eigenvalue weighted by atomic mass is 35.5. The van der Waals surface area contributed by atoms with Gasteiger partial charge in [-0.05, 0) is 30.3 Å². The van der Waals surface area contributed by atoms with Crippen molar-refractivity contribution in [3.8, 4) is 11.3 Å². The van der Waals surface area contributed by atoms with Crippen molar-refractivity contribution in [1.29, 1.82) is 0 Å². The van der Waals surface area contributed by atoms with E-state index >= 15 is 0 Å². The molecule has 0 bridgehead atoms. The second kappa shape index (κ2) is 12.0. The van der Waals surface area contributed by atoms with Crippen LogP contribution in [0.2, 0.25) is 5.02 Å². The van der Waals surface area contributed by atoms with Crippen molar-refractivity contribution >= 4 is 44.4 Å². The number of nitrogens with two attached hydrogens (primary N) is 3. The molecule has 0 saturated carbocycles. The lowest BCUT2D eigenvalue weighted by Crippen LogP contribution is -2.27. The van der Waals surface area contributed by atoms with Crippen molar-refractivity contribution in [1.82, 2.24) is 14.7 Å². The minimum Gasteiger partial charge on any atom is -0.378 e. The maximum Gasteiger partial charge on any atom is 0.253 e. The standard InChI is InChI=1S/C21H26ClN7O4S/c22-15-3-6-18-17(13-15)19(28-21(27-18)29-20(24)25)14-1-4-16(5-2-14)34(30,31)26-8-10-33-12-11-32-9-7-23/h1-6,13,26H,7-12,23H2,(H4,24,25,27,28,29). The van der Waals surface area contributed by atoms with E-state index in [-0.39, 0.29) is 30.0 Å². The smallest absolute Gasteiger partial charge is 0.253 e. The maximum absolute atomic E-state index is 12.6. The van der Waals surface area contributed by atoms with Gasteiger partial charge in [0, 0.05) is 29.1 Å². The van der Waals surface area contributed by atoms with E-state index in [1.165, 1.54) is 12.1 Å². The Labute approximate surface area is 202 Å². The molecule has 11 nitrogen and oxygen atoms in total. The first-order chi connectivity index (χ1) is 16.3. The van der Waals surface area contributed by atoms with Crippen molar-refractivity contribution in [3.63, 3.8) is 0 Å². The third-order valence-corrected chi connectivity index (χ3v) is 6.20. The van der Waals surface area contributed by atoms with Crippen LogP contribution in [0.4, 0.5) is 5.95 Å². The molecule has 0 aliphatic heterocycles. The summed E-state index contributed by atoms with van der Waals surface area (Å²) in [4.78, 5) is 12.8. The molecular weight excluding hydrogens is 482 g/mol. The topological polar surface area (TPSA) is 181 Å². The van der Waals surface area contributed by atoms with E-state index < -0.39 is 10.0 Å². The van der Waals surface area contributed by atoms with Crippen molar-refractivity contribution in [2.24, 2.45) is 22.2 Å². The summed E-state index contributed by atoms with van der Waals surface area (Å²) in [5.41, 5.74) is 18.0. The SMILES string of the molecule is NCCOCCOCCNS(=O)(=O)c1ccc(-c2nc(N=C(N)N)nc3ccc(Cl)cc23)cc1. The molecule has 0 atom stereocenters. The van der Waals surface area contributed by atoms with Crippen LogP contribution in [0.1, 0.15) is 0 Å². The van der Waals surface area contributed by atoms with Gasteiger partial charge in [-0.15, -0.1) is 0 Å². The van der Waals surface area contributed by atoms with Gasteiger partial charge in [-0.1, -0.05) is 23.7 Å². The number of rotatable bonds is 12. The lowest BCUT2D eigenvalue weighted by Gasteiger charge is -2.10. The van der Waals surface area contributed by atoms with Crippen LogP contribution in [0.3, 0.4) is 0 Å². The zero-order valence-electron chi connectivity index (χ0n) is 18.3. The fourth-order valence-electron chi connectivity index (χ4n) is 3.00. The maximum atomic E-state index is 12.6. The van der Waals surface area contributed by atoms with Crippen LogP contribution in [0.25, 0.3) is 22.2 Å². The monoisotopic (exact) mass is 507 g/mol. The van der Waals surface area contributed by atoms with Gasteiger partial charge >= 0.3 is 0 Å². The number of nitrogens with one attached hydrogen (secondary N) is 1. The van der Waals surface area contributed by atoms with Crippen molar-refractivity contribution in [2.75, 3.05) is 39.5 Å². The summed E-state index contributed by atoms with van der Waals surface area (Å²) < 4.78 is 38.2. The minimum atomic E-state index is -3.72. The van der Waals surface area contributed by atoms with E-state index in [1.54, 1.807) is 30.3 Å². The van der Waals surface area contributed by atoms with Gasteiger partial charge in [-0.3, -0.25) is 0 Å². The Morgan fingerprint density at radius 1 is 1.00 bits per heavy atom. The number of fused-ring (bicyclic) bond motifs is 1. The van der Waals surface area contributed by atoms with E-state index in [0.29, 0.717) is 53.5 Å². The second-order valence-electron chi connectivity index (χ2n) is 7.01. The predicted octanol–water partition coefficient (Wildman–Crippen LogP) is 1.13. The number of benzene rings is 2. The van der Waals surface area contributed by atoms with Gasteiger partial charge in [0.2, 0.25) is 10.0 Å². The Hall–Kier alpha value is -2.87. The van der Waals surface area contributed by atoms with Gasteiger partial charge < -0.3 is 26.7 Å². The fourth-order valence-corrected chi connectivity index (χ4v) is 4.19. The van der Waals surface area contributed by atoms with Crippen LogP contribution in [-0.2, 0) is 19.5 Å². The van der Waals surface area contributed by atoms with Gasteiger partial charge in [0.25, 0.3) is 5.95 Å². The van der Waals surface area contributed by atoms with Crippen molar-refractivity contribution < 1.29 is 17.9 Å². The molecule has 13 heteroatoms. The van der Waals surface area contributed by atoms with E-state index in [2.05, 4.69) is 19.7 Å². The molecule has 1 heterocycles. The number of sulfonamides is 1. The summed E-state index contributed by atoms with van der Waals surface area (Å²) in [5, 5.41) is 1.17. The lowest BCUT2D eigenvalue weighted by molar-refractivity contribution is 0.0530. The Kier molecular flexibility index (Phi) is 9.10. The zero-order chi connectivity index (χ0) is 24.6. The number of hydrogen-bond acceptors (Lipinski definition) is 8. The zero-order valence-corrected chi connectivity index (χ0v) is 19.8. The van der Waals surface area contributed by atoms with Crippen molar-refractivity contribution in [2.45, 2.75) is 4.90 Å². The van der Waals surface area contributed by atoms with E-state index in [4.69, 9.17) is 38.3 Å². The molecule has 0 unspecified atom stereocenters. The molecule has 0 aliphatic carbocycles. The number of aromatic nitrogens is 2. The first-order valence-corrected chi connectivity index (χ1v) is 12.2. The van der Waals surface area contributed by atoms with Crippen molar-refractivity contribution in [3.05, 3.63) is 47.5 Å². The van der Waals surface area contributed by atoms with Crippen LogP contribution < -0.4 is 21.9 Å². The quantitative estimate of drug-likeness (QED) is 0.158. The first-order valence-electron chi connectivity index (χ1n) is 10.3. The number of halogens is 1. The number of guanidine groups is 1. The molecule has 7 N–H and O–H groups in total. The summed E-state index contributed by atoms with van der Waals surface area (Å²) in [5.74, 6) is -0.101. The van der Waals surface area contributed by atoms with Crippen LogP contribution >= 0.6 is 11.6 Å². The molecule has 0 radical (unpaired) electrons. The molecule has 0 saturated heterocycles. The molecule has 2 aromatic carbocycles. The lowest BCUT2D eigenvalue weighted by atomic mass is 10.1. The summed E-state index contributed by atoms with van der Waals surface area (Å²) in [6.07, 6.45) is 0. The van der Waals surface area contributed by atoms with Crippen LogP contribution in [0.15, 0.2) is 52.4 Å². The summed E-state index contributed by atoms with van der Waals surface area (Å²) >= 11 is 6.16. The molecule has 3 rings (SSSR count). The molecule has 182 valence electrons. The second-order valence-corrected chi connectivity index (χ2v) is 9.21. The van der Waals surface area contributed by atoms with E-state index in [0.717, 1.165) is 0 Å². The Balaban J connectivity index is 1.75. The summed E-state index contributed by atoms with van der Waals surface area (Å²) in [6.45, 7) is 1.99. The van der Waals surface area contributed by atoms with Crippen LogP contribution in [0, 0.1) is 0 Å². The van der Waals surface area contributed by atoms with Gasteiger partial charge in [0.05, 0.1) is 42.5 Å².